The van der Waals surface area contributed by atoms with Gasteiger partial charge in [-0.25, -0.2) is 4.39 Å². The van der Waals surface area contributed by atoms with Crippen molar-refractivity contribution in [3.05, 3.63) is 65.5 Å². The Balaban J connectivity index is 1.68. The Morgan fingerprint density at radius 2 is 1.84 bits per heavy atom. The Hall–Kier alpha value is -2.74. The van der Waals surface area contributed by atoms with Crippen molar-refractivity contribution >= 4 is 21.8 Å². The van der Waals surface area contributed by atoms with Crippen molar-refractivity contribution in [2.45, 2.75) is 11.4 Å². The van der Waals surface area contributed by atoms with E-state index in [2.05, 4.69) is 9.71 Å². The van der Waals surface area contributed by atoms with Gasteiger partial charge in [0.05, 0.1) is 6.54 Å². The number of hydrogen-bond donors (Lipinski definition) is 1. The molecule has 0 aromatic heterocycles. The van der Waals surface area contributed by atoms with Crippen LogP contribution in [0, 0.1) is 5.82 Å². The zero-order valence-corrected chi connectivity index (χ0v) is 14.3. The second-order valence-corrected chi connectivity index (χ2v) is 7.18. The molecule has 0 bridgehead atoms. The molecule has 0 fully saturated rings. The SMILES string of the molecule is CN(CC(=O)NCc1ccccc1F)C1=NS(=O)(=O)c2ccccc21. The summed E-state index contributed by atoms with van der Waals surface area (Å²) >= 11 is 0. The lowest BCUT2D eigenvalue weighted by molar-refractivity contribution is -0.121. The average Bonchev–Trinajstić information content (AvgIpc) is 2.86. The fourth-order valence-electron chi connectivity index (χ4n) is 2.55. The molecule has 0 atom stereocenters. The second-order valence-electron chi connectivity index (χ2n) is 5.61. The molecule has 0 aliphatic carbocycles. The van der Waals surface area contributed by atoms with Crippen LogP contribution >= 0.6 is 0 Å². The van der Waals surface area contributed by atoms with Gasteiger partial charge in [0.1, 0.15) is 10.7 Å². The summed E-state index contributed by atoms with van der Waals surface area (Å²) in [6, 6.07) is 12.6. The van der Waals surface area contributed by atoms with E-state index in [1.165, 1.54) is 17.0 Å². The number of amides is 1. The molecule has 2 aromatic rings. The highest BCUT2D eigenvalue weighted by Gasteiger charge is 2.30. The van der Waals surface area contributed by atoms with E-state index in [9.17, 15) is 17.6 Å². The molecule has 6 nitrogen and oxygen atoms in total. The fraction of sp³-hybridized carbons (Fsp3) is 0.176. The zero-order chi connectivity index (χ0) is 18.0. The van der Waals surface area contributed by atoms with Gasteiger partial charge in [0, 0.05) is 24.7 Å². The third-order valence-corrected chi connectivity index (χ3v) is 5.11. The lowest BCUT2D eigenvalue weighted by Crippen LogP contribution is -2.38. The number of carbonyl (C=O) groups is 1. The van der Waals surface area contributed by atoms with Crippen LogP contribution in [0.25, 0.3) is 0 Å². The van der Waals surface area contributed by atoms with E-state index in [1.807, 2.05) is 0 Å². The van der Waals surface area contributed by atoms with E-state index in [-0.39, 0.29) is 29.7 Å². The van der Waals surface area contributed by atoms with Gasteiger partial charge in [-0.3, -0.25) is 4.79 Å². The van der Waals surface area contributed by atoms with Crippen molar-refractivity contribution in [3.63, 3.8) is 0 Å². The van der Waals surface area contributed by atoms with Gasteiger partial charge in [-0.15, -0.1) is 4.40 Å². The van der Waals surface area contributed by atoms with Gasteiger partial charge in [-0.1, -0.05) is 30.3 Å². The van der Waals surface area contributed by atoms with E-state index >= 15 is 0 Å². The van der Waals surface area contributed by atoms with Gasteiger partial charge in [0.15, 0.2) is 5.84 Å². The predicted octanol–water partition coefficient (Wildman–Crippen LogP) is 1.52. The molecule has 25 heavy (non-hydrogen) atoms. The minimum Gasteiger partial charge on any atom is -0.350 e. The summed E-state index contributed by atoms with van der Waals surface area (Å²) in [6.45, 7) is -0.0438. The number of amidine groups is 1. The molecule has 1 N–H and O–H groups in total. The molecule has 0 unspecified atom stereocenters. The number of likely N-dealkylation sites (N-methyl/N-ethyl adjacent to an activating group) is 1. The van der Waals surface area contributed by atoms with Crippen molar-refractivity contribution in [1.82, 2.24) is 10.2 Å². The summed E-state index contributed by atoms with van der Waals surface area (Å²) in [7, 11) is -2.15. The van der Waals surface area contributed by atoms with Crippen LogP contribution in [0.15, 0.2) is 57.8 Å². The highest BCUT2D eigenvalue weighted by atomic mass is 32.2. The van der Waals surface area contributed by atoms with E-state index < -0.39 is 15.8 Å². The molecule has 1 amide bonds. The zero-order valence-electron chi connectivity index (χ0n) is 13.4. The monoisotopic (exact) mass is 361 g/mol. The van der Waals surface area contributed by atoms with E-state index in [0.29, 0.717) is 11.1 Å². The van der Waals surface area contributed by atoms with Crippen LogP contribution in [0.1, 0.15) is 11.1 Å². The molecule has 3 rings (SSSR count). The third-order valence-electron chi connectivity index (χ3n) is 3.79. The Labute approximate surface area is 145 Å². The lowest BCUT2D eigenvalue weighted by atomic mass is 10.2. The van der Waals surface area contributed by atoms with Crippen molar-refractivity contribution in [2.75, 3.05) is 13.6 Å². The predicted molar refractivity (Wildman–Crippen MR) is 91.0 cm³/mol. The average molecular weight is 361 g/mol. The molecule has 2 aromatic carbocycles. The van der Waals surface area contributed by atoms with Gasteiger partial charge in [-0.2, -0.15) is 8.42 Å². The molecule has 0 saturated heterocycles. The smallest absolute Gasteiger partial charge is 0.285 e. The topological polar surface area (TPSA) is 78.8 Å². The Kier molecular flexibility index (Phi) is 4.54. The Morgan fingerprint density at radius 3 is 2.60 bits per heavy atom. The largest absolute Gasteiger partial charge is 0.350 e. The number of halogens is 1. The molecule has 0 saturated carbocycles. The molecule has 1 aliphatic rings. The van der Waals surface area contributed by atoms with Gasteiger partial charge in [-0.05, 0) is 18.2 Å². The first-order chi connectivity index (χ1) is 11.9. The first kappa shape index (κ1) is 17.1. The molecule has 0 spiro atoms. The van der Waals surface area contributed by atoms with Crippen LogP contribution in [-0.4, -0.2) is 38.7 Å². The number of fused-ring (bicyclic) bond motifs is 1. The number of benzene rings is 2. The van der Waals surface area contributed by atoms with Gasteiger partial charge in [0.25, 0.3) is 10.0 Å². The van der Waals surface area contributed by atoms with E-state index in [1.54, 1.807) is 43.4 Å². The van der Waals surface area contributed by atoms with Crippen LogP contribution in [0.2, 0.25) is 0 Å². The highest BCUT2D eigenvalue weighted by Crippen LogP contribution is 2.26. The minimum absolute atomic E-state index is 0.0563. The molecule has 8 heteroatoms. The number of rotatable bonds is 4. The molecule has 0 radical (unpaired) electrons. The van der Waals surface area contributed by atoms with E-state index in [0.717, 1.165) is 0 Å². The van der Waals surface area contributed by atoms with Crippen LogP contribution in [-0.2, 0) is 21.4 Å². The van der Waals surface area contributed by atoms with Crippen molar-refractivity contribution < 1.29 is 17.6 Å². The molecular weight excluding hydrogens is 345 g/mol. The summed E-state index contributed by atoms with van der Waals surface area (Å²) < 4.78 is 41.4. The fourth-order valence-corrected chi connectivity index (χ4v) is 3.80. The Bertz CT molecular complexity index is 957. The first-order valence-electron chi connectivity index (χ1n) is 7.54. The summed E-state index contributed by atoms with van der Waals surface area (Å²) in [5, 5.41) is 2.61. The van der Waals surface area contributed by atoms with Crippen LogP contribution in [0.5, 0.6) is 0 Å². The maximum atomic E-state index is 13.6. The Morgan fingerprint density at radius 1 is 1.16 bits per heavy atom. The van der Waals surface area contributed by atoms with Crippen LogP contribution < -0.4 is 5.32 Å². The number of carbonyl (C=O) groups excluding carboxylic acids is 1. The third kappa shape index (κ3) is 3.53. The first-order valence-corrected chi connectivity index (χ1v) is 8.98. The minimum atomic E-state index is -3.73. The maximum absolute atomic E-state index is 13.6. The van der Waals surface area contributed by atoms with Gasteiger partial charge < -0.3 is 10.2 Å². The molecule has 1 aliphatic heterocycles. The number of nitrogens with zero attached hydrogens (tertiary/aromatic N) is 2. The summed E-state index contributed by atoms with van der Waals surface area (Å²) in [4.78, 5) is 13.7. The normalized spacial score (nSPS) is 14.6. The van der Waals surface area contributed by atoms with Crippen LogP contribution in [0.3, 0.4) is 0 Å². The lowest BCUT2D eigenvalue weighted by Gasteiger charge is -2.18. The summed E-state index contributed by atoms with van der Waals surface area (Å²) in [5.41, 5.74) is 0.844. The van der Waals surface area contributed by atoms with Crippen LogP contribution in [0.4, 0.5) is 4.39 Å². The van der Waals surface area contributed by atoms with Crippen molar-refractivity contribution in [3.8, 4) is 0 Å². The molecule has 1 heterocycles. The standard InChI is InChI=1S/C17H16FN3O3S/c1-21(11-16(22)19-10-12-6-2-4-8-14(12)18)17-13-7-3-5-9-15(13)25(23,24)20-17/h2-9H,10-11H2,1H3,(H,19,22). The molecular formula is C17H16FN3O3S. The van der Waals surface area contributed by atoms with Crippen molar-refractivity contribution in [1.29, 1.82) is 0 Å². The van der Waals surface area contributed by atoms with Crippen molar-refractivity contribution in [2.24, 2.45) is 4.40 Å². The molecule has 130 valence electrons. The second kappa shape index (κ2) is 6.64. The summed E-state index contributed by atoms with van der Waals surface area (Å²) in [5.74, 6) is -0.539. The summed E-state index contributed by atoms with van der Waals surface area (Å²) in [6.07, 6.45) is 0. The highest BCUT2D eigenvalue weighted by molar-refractivity contribution is 7.90. The van der Waals surface area contributed by atoms with Gasteiger partial charge >= 0.3 is 0 Å². The number of hydrogen-bond acceptors (Lipinski definition) is 4. The van der Waals surface area contributed by atoms with E-state index in [4.69, 9.17) is 0 Å². The quantitative estimate of drug-likeness (QED) is 0.896. The number of sulfonamides is 1. The maximum Gasteiger partial charge on any atom is 0.285 e. The van der Waals surface area contributed by atoms with Gasteiger partial charge in [0.2, 0.25) is 5.91 Å². The number of nitrogens with one attached hydrogen (secondary N) is 1.